The number of carboxylic acid groups (broad SMARTS) is 1. The number of alkyl halides is 3. The van der Waals surface area contributed by atoms with E-state index >= 15 is 0 Å². The Morgan fingerprint density at radius 3 is 2.69 bits per heavy atom. The Morgan fingerprint density at radius 1 is 1.23 bits per heavy atom. The van der Waals surface area contributed by atoms with Gasteiger partial charge in [-0.2, -0.15) is 18.3 Å². The van der Waals surface area contributed by atoms with Crippen molar-refractivity contribution >= 4 is 5.97 Å². The zero-order valence-corrected chi connectivity index (χ0v) is 13.8. The van der Waals surface area contributed by atoms with Crippen molar-refractivity contribution in [3.8, 4) is 0 Å². The molecule has 2 aromatic rings. The molecule has 3 rings (SSSR count). The molecule has 0 amide bonds. The molecule has 2 heterocycles. The first-order valence-corrected chi connectivity index (χ1v) is 8.08. The molecular weight excluding hydrogens is 354 g/mol. The van der Waals surface area contributed by atoms with Gasteiger partial charge in [0.2, 0.25) is 0 Å². The molecule has 0 spiro atoms. The molecule has 0 saturated carbocycles. The van der Waals surface area contributed by atoms with Crippen LogP contribution in [0.4, 0.5) is 17.6 Å². The maximum absolute atomic E-state index is 13.4. The molecule has 0 unspecified atom stereocenters. The van der Waals surface area contributed by atoms with Gasteiger partial charge in [0.25, 0.3) is 0 Å². The summed E-state index contributed by atoms with van der Waals surface area (Å²) in [5, 5.41) is 13.1. The average molecular weight is 371 g/mol. The summed E-state index contributed by atoms with van der Waals surface area (Å²) < 4.78 is 53.7. The second kappa shape index (κ2) is 7.06. The zero-order chi connectivity index (χ0) is 18.9. The first kappa shape index (κ1) is 18.4. The molecule has 9 heteroatoms. The van der Waals surface area contributed by atoms with Gasteiger partial charge >= 0.3 is 12.1 Å². The molecule has 26 heavy (non-hydrogen) atoms. The Bertz CT molecular complexity index is 817. The molecule has 0 atom stereocenters. The third-order valence-corrected chi connectivity index (χ3v) is 4.26. The van der Waals surface area contributed by atoms with Crippen molar-refractivity contribution in [3.05, 3.63) is 52.6 Å². The summed E-state index contributed by atoms with van der Waals surface area (Å²) in [7, 11) is 0. The van der Waals surface area contributed by atoms with Crippen molar-refractivity contribution < 1.29 is 27.5 Å². The fourth-order valence-electron chi connectivity index (χ4n) is 3.02. The van der Waals surface area contributed by atoms with Crippen molar-refractivity contribution in [2.75, 3.05) is 6.54 Å². The van der Waals surface area contributed by atoms with E-state index in [0.29, 0.717) is 37.3 Å². The second-order valence-electron chi connectivity index (χ2n) is 6.27. The highest BCUT2D eigenvalue weighted by Crippen LogP contribution is 2.32. The molecular formula is C17H17F4N3O2. The maximum atomic E-state index is 13.4. The van der Waals surface area contributed by atoms with Gasteiger partial charge in [-0.1, -0.05) is 6.07 Å². The van der Waals surface area contributed by atoms with E-state index < -0.39 is 23.5 Å². The molecule has 140 valence electrons. The molecule has 0 saturated heterocycles. The molecule has 0 aliphatic carbocycles. The number of hydrogen-bond donors (Lipinski definition) is 1. The molecule has 1 aliphatic heterocycles. The van der Waals surface area contributed by atoms with E-state index in [2.05, 4.69) is 5.10 Å². The van der Waals surface area contributed by atoms with Crippen LogP contribution in [-0.2, 0) is 37.0 Å². The van der Waals surface area contributed by atoms with Crippen molar-refractivity contribution in [2.24, 2.45) is 0 Å². The van der Waals surface area contributed by atoms with Crippen LogP contribution >= 0.6 is 0 Å². The van der Waals surface area contributed by atoms with E-state index in [1.165, 1.54) is 6.07 Å². The quantitative estimate of drug-likeness (QED) is 0.821. The summed E-state index contributed by atoms with van der Waals surface area (Å²) >= 11 is 0. The maximum Gasteiger partial charge on any atom is 0.419 e. The summed E-state index contributed by atoms with van der Waals surface area (Å²) in [6, 6.07) is 4.87. The standard InChI is InChI=1S/C17H17F4N3O2/c18-15-3-1-11(7-14(15)17(19,20)21)9-23-5-6-24-13(10-23)8-12(22-24)2-4-16(25)26/h1,3,7-8H,2,4-6,9-10H2,(H,25,26). The van der Waals surface area contributed by atoms with Gasteiger partial charge in [0.05, 0.1) is 29.9 Å². The third kappa shape index (κ3) is 4.21. The van der Waals surface area contributed by atoms with Gasteiger partial charge in [0, 0.05) is 26.1 Å². The molecule has 1 aromatic heterocycles. The molecule has 0 bridgehead atoms. The van der Waals surface area contributed by atoms with Crippen LogP contribution in [0.15, 0.2) is 24.3 Å². The number of benzene rings is 1. The Balaban J connectivity index is 1.69. The van der Waals surface area contributed by atoms with Crippen molar-refractivity contribution in [1.29, 1.82) is 0 Å². The van der Waals surface area contributed by atoms with Gasteiger partial charge in [-0.15, -0.1) is 0 Å². The lowest BCUT2D eigenvalue weighted by atomic mass is 10.1. The Labute approximate surface area is 146 Å². The number of carbonyl (C=O) groups is 1. The molecule has 5 nitrogen and oxygen atoms in total. The summed E-state index contributed by atoms with van der Waals surface area (Å²) in [5.74, 6) is -2.17. The number of aromatic nitrogens is 2. The topological polar surface area (TPSA) is 58.4 Å². The second-order valence-corrected chi connectivity index (χ2v) is 6.27. The minimum absolute atomic E-state index is 0.00400. The van der Waals surface area contributed by atoms with Crippen LogP contribution in [0, 0.1) is 5.82 Å². The average Bonchev–Trinajstić information content (AvgIpc) is 2.96. The lowest BCUT2D eigenvalue weighted by Crippen LogP contribution is -2.33. The van der Waals surface area contributed by atoms with Crippen LogP contribution < -0.4 is 0 Å². The number of halogens is 4. The van der Waals surface area contributed by atoms with Crippen LogP contribution in [0.3, 0.4) is 0 Å². The summed E-state index contributed by atoms with van der Waals surface area (Å²) in [6.07, 6.45) is -4.39. The Hall–Kier alpha value is -2.42. The third-order valence-electron chi connectivity index (χ3n) is 4.26. The predicted molar refractivity (Wildman–Crippen MR) is 83.7 cm³/mol. The predicted octanol–water partition coefficient (Wildman–Crippen LogP) is 3.07. The lowest BCUT2D eigenvalue weighted by Gasteiger charge is -2.27. The van der Waals surface area contributed by atoms with Crippen LogP contribution in [-0.4, -0.2) is 32.3 Å². The Kier molecular flexibility index (Phi) is 4.99. The van der Waals surface area contributed by atoms with Crippen LogP contribution in [0.5, 0.6) is 0 Å². The summed E-state index contributed by atoms with van der Waals surface area (Å²) in [4.78, 5) is 12.6. The molecule has 0 radical (unpaired) electrons. The van der Waals surface area contributed by atoms with Gasteiger partial charge in [-0.25, -0.2) is 4.39 Å². The monoisotopic (exact) mass is 371 g/mol. The van der Waals surface area contributed by atoms with E-state index in [0.717, 1.165) is 17.8 Å². The molecule has 1 aliphatic rings. The normalized spacial score (nSPS) is 15.1. The number of hydrogen-bond acceptors (Lipinski definition) is 3. The van der Waals surface area contributed by atoms with Crippen molar-refractivity contribution in [3.63, 3.8) is 0 Å². The van der Waals surface area contributed by atoms with Crippen molar-refractivity contribution in [2.45, 2.75) is 38.7 Å². The highest BCUT2D eigenvalue weighted by atomic mass is 19.4. The minimum Gasteiger partial charge on any atom is -0.481 e. The zero-order valence-electron chi connectivity index (χ0n) is 13.8. The highest BCUT2D eigenvalue weighted by molar-refractivity contribution is 5.66. The van der Waals surface area contributed by atoms with Gasteiger partial charge < -0.3 is 5.11 Å². The lowest BCUT2D eigenvalue weighted by molar-refractivity contribution is -0.140. The van der Waals surface area contributed by atoms with Crippen LogP contribution in [0.2, 0.25) is 0 Å². The number of carboxylic acids is 1. The van der Waals surface area contributed by atoms with E-state index in [9.17, 15) is 22.4 Å². The van der Waals surface area contributed by atoms with Crippen LogP contribution in [0.1, 0.15) is 28.9 Å². The van der Waals surface area contributed by atoms with Gasteiger partial charge in [-0.3, -0.25) is 14.4 Å². The number of fused-ring (bicyclic) bond motifs is 1. The Morgan fingerprint density at radius 2 is 2.00 bits per heavy atom. The molecule has 1 aromatic carbocycles. The van der Waals surface area contributed by atoms with Gasteiger partial charge in [0.15, 0.2) is 0 Å². The van der Waals surface area contributed by atoms with E-state index in [1.807, 2.05) is 11.0 Å². The largest absolute Gasteiger partial charge is 0.481 e. The number of nitrogens with zero attached hydrogens (tertiary/aromatic N) is 3. The minimum atomic E-state index is -4.72. The summed E-state index contributed by atoms with van der Waals surface area (Å²) in [6.45, 7) is 1.90. The SMILES string of the molecule is O=C(O)CCc1cc2n(n1)CCN(Cc1ccc(F)c(C(F)(F)F)c1)C2. The molecule has 0 fully saturated rings. The van der Waals surface area contributed by atoms with Crippen molar-refractivity contribution in [1.82, 2.24) is 14.7 Å². The van der Waals surface area contributed by atoms with Gasteiger partial charge in [0.1, 0.15) is 5.82 Å². The van der Waals surface area contributed by atoms with E-state index in [1.54, 1.807) is 4.68 Å². The fraction of sp³-hybridized carbons (Fsp3) is 0.412. The fourth-order valence-corrected chi connectivity index (χ4v) is 3.02. The van der Waals surface area contributed by atoms with E-state index in [-0.39, 0.29) is 13.0 Å². The first-order valence-electron chi connectivity index (χ1n) is 8.08. The molecule has 1 N–H and O–H groups in total. The number of aryl methyl sites for hydroxylation is 1. The van der Waals surface area contributed by atoms with E-state index in [4.69, 9.17) is 5.11 Å². The number of rotatable bonds is 5. The smallest absolute Gasteiger partial charge is 0.419 e. The van der Waals surface area contributed by atoms with Gasteiger partial charge in [-0.05, 0) is 23.8 Å². The highest BCUT2D eigenvalue weighted by Gasteiger charge is 2.34. The first-order chi connectivity index (χ1) is 12.2. The van der Waals surface area contributed by atoms with Crippen LogP contribution in [0.25, 0.3) is 0 Å². The summed E-state index contributed by atoms with van der Waals surface area (Å²) in [5.41, 5.74) is 0.700. The number of aliphatic carboxylic acids is 1.